The molecule has 2 aromatic rings. The smallest absolute Gasteiger partial charge is 0.254 e. The van der Waals surface area contributed by atoms with Crippen molar-refractivity contribution < 1.29 is 14.3 Å². The summed E-state index contributed by atoms with van der Waals surface area (Å²) in [6, 6.07) is 13.8. The maximum Gasteiger partial charge on any atom is 0.254 e. The number of ether oxygens (including phenoxy) is 1. The molecular formula is C25H30N4O3. The number of amides is 2. The number of methoxy groups -OCH3 is 1. The predicted octanol–water partition coefficient (Wildman–Crippen LogP) is 2.99. The molecule has 7 nitrogen and oxygen atoms in total. The highest BCUT2D eigenvalue weighted by atomic mass is 16.5. The second-order valence-electron chi connectivity index (χ2n) is 8.78. The van der Waals surface area contributed by atoms with Crippen LogP contribution in [0.15, 0.2) is 42.5 Å². The lowest BCUT2D eigenvalue weighted by Gasteiger charge is -2.44. The average Bonchev–Trinajstić information content (AvgIpc) is 2.86. The zero-order chi connectivity index (χ0) is 22.2. The molecule has 7 heteroatoms. The molecule has 5 rings (SSSR count). The van der Waals surface area contributed by atoms with Crippen LogP contribution in [0.25, 0.3) is 0 Å². The molecule has 1 atom stereocenters. The normalized spacial score (nSPS) is 20.7. The number of nitrogens with zero attached hydrogens (tertiary/aromatic N) is 4. The summed E-state index contributed by atoms with van der Waals surface area (Å²) in [5.74, 6) is 1.01. The summed E-state index contributed by atoms with van der Waals surface area (Å²) in [5, 5.41) is 0. The summed E-state index contributed by atoms with van der Waals surface area (Å²) in [7, 11) is 3.49. The van der Waals surface area contributed by atoms with Gasteiger partial charge in [0.15, 0.2) is 0 Å². The standard InChI is InChI=1S/C25H30N4O3/c1-26-23-17-18(6-11-21(23)29-12-4-3-5-22(29)25(26)31)24(30)28-15-13-27(14-16-28)19-7-9-20(32-2)10-8-19/h6-11,17,22H,3-5,12-16H2,1-2H3/t22-/m0/s1. The van der Waals surface area contributed by atoms with Crippen molar-refractivity contribution in [3.8, 4) is 5.75 Å². The van der Waals surface area contributed by atoms with Crippen LogP contribution in [-0.2, 0) is 4.79 Å². The molecule has 32 heavy (non-hydrogen) atoms. The molecule has 168 valence electrons. The molecule has 0 bridgehead atoms. The fourth-order valence-electron chi connectivity index (χ4n) is 5.13. The quantitative estimate of drug-likeness (QED) is 0.744. The fraction of sp³-hybridized carbons (Fsp3) is 0.440. The highest BCUT2D eigenvalue weighted by molar-refractivity contribution is 6.07. The number of carbonyl (C=O) groups excluding carboxylic acids is 2. The van der Waals surface area contributed by atoms with Gasteiger partial charge in [0, 0.05) is 51.0 Å². The van der Waals surface area contributed by atoms with Gasteiger partial charge in [-0.05, 0) is 61.7 Å². The minimum Gasteiger partial charge on any atom is -0.497 e. The van der Waals surface area contributed by atoms with Crippen LogP contribution in [0, 0.1) is 0 Å². The van der Waals surface area contributed by atoms with Crippen molar-refractivity contribution in [2.75, 3.05) is 61.6 Å². The number of hydrogen-bond acceptors (Lipinski definition) is 5. The highest BCUT2D eigenvalue weighted by Crippen LogP contribution is 2.39. The van der Waals surface area contributed by atoms with E-state index in [0.717, 1.165) is 61.7 Å². The Morgan fingerprint density at radius 3 is 2.41 bits per heavy atom. The number of fused-ring (bicyclic) bond motifs is 3. The van der Waals surface area contributed by atoms with E-state index in [4.69, 9.17) is 4.74 Å². The Labute approximate surface area is 189 Å². The first kappa shape index (κ1) is 20.7. The molecule has 2 amide bonds. The van der Waals surface area contributed by atoms with Crippen molar-refractivity contribution in [3.05, 3.63) is 48.0 Å². The van der Waals surface area contributed by atoms with E-state index >= 15 is 0 Å². The van der Waals surface area contributed by atoms with E-state index in [-0.39, 0.29) is 17.9 Å². The topological polar surface area (TPSA) is 56.3 Å². The first-order valence-corrected chi connectivity index (χ1v) is 11.4. The van der Waals surface area contributed by atoms with Gasteiger partial charge in [-0.2, -0.15) is 0 Å². The number of anilines is 3. The Hall–Kier alpha value is -3.22. The molecule has 2 saturated heterocycles. The van der Waals surface area contributed by atoms with Crippen LogP contribution in [0.2, 0.25) is 0 Å². The Morgan fingerprint density at radius 2 is 1.69 bits per heavy atom. The Bertz CT molecular complexity index is 1010. The zero-order valence-corrected chi connectivity index (χ0v) is 18.8. The molecule has 3 aliphatic heterocycles. The van der Waals surface area contributed by atoms with Gasteiger partial charge in [0.1, 0.15) is 11.8 Å². The van der Waals surface area contributed by atoms with Gasteiger partial charge in [0.25, 0.3) is 5.91 Å². The summed E-state index contributed by atoms with van der Waals surface area (Å²) < 4.78 is 5.24. The molecule has 3 heterocycles. The summed E-state index contributed by atoms with van der Waals surface area (Å²) in [6.07, 6.45) is 3.10. The van der Waals surface area contributed by atoms with Gasteiger partial charge < -0.3 is 24.3 Å². The fourth-order valence-corrected chi connectivity index (χ4v) is 5.13. The number of piperazine rings is 1. The summed E-state index contributed by atoms with van der Waals surface area (Å²) >= 11 is 0. The molecule has 0 aliphatic carbocycles. The summed E-state index contributed by atoms with van der Waals surface area (Å²) in [6.45, 7) is 3.82. The number of benzene rings is 2. The van der Waals surface area contributed by atoms with Crippen LogP contribution in [-0.4, -0.2) is 69.6 Å². The lowest BCUT2D eigenvalue weighted by Crippen LogP contribution is -2.54. The third kappa shape index (κ3) is 3.55. The molecule has 2 aromatic carbocycles. The van der Waals surface area contributed by atoms with E-state index < -0.39 is 0 Å². The second-order valence-corrected chi connectivity index (χ2v) is 8.78. The van der Waals surface area contributed by atoms with Gasteiger partial charge in [-0.15, -0.1) is 0 Å². The number of rotatable bonds is 3. The maximum absolute atomic E-state index is 13.3. The van der Waals surface area contributed by atoms with Crippen LogP contribution < -0.4 is 19.4 Å². The molecule has 0 saturated carbocycles. The first-order chi connectivity index (χ1) is 15.6. The molecule has 0 N–H and O–H groups in total. The minimum absolute atomic E-state index is 0.0313. The van der Waals surface area contributed by atoms with Gasteiger partial charge in [0.2, 0.25) is 5.91 Å². The van der Waals surface area contributed by atoms with Crippen molar-refractivity contribution in [1.29, 1.82) is 0 Å². The van der Waals surface area contributed by atoms with Crippen molar-refractivity contribution in [1.82, 2.24) is 4.90 Å². The molecule has 0 aromatic heterocycles. The van der Waals surface area contributed by atoms with E-state index in [1.165, 1.54) is 0 Å². The van der Waals surface area contributed by atoms with E-state index in [1.54, 1.807) is 12.0 Å². The third-order valence-electron chi connectivity index (χ3n) is 7.02. The van der Waals surface area contributed by atoms with Crippen LogP contribution in [0.3, 0.4) is 0 Å². The van der Waals surface area contributed by atoms with Crippen molar-refractivity contribution >= 4 is 28.9 Å². The number of hydrogen-bond donors (Lipinski definition) is 0. The largest absolute Gasteiger partial charge is 0.497 e. The van der Waals surface area contributed by atoms with Crippen LogP contribution in [0.4, 0.5) is 17.1 Å². The molecule has 0 radical (unpaired) electrons. The molecule has 0 spiro atoms. The van der Waals surface area contributed by atoms with Crippen LogP contribution in [0.5, 0.6) is 5.75 Å². The lowest BCUT2D eigenvalue weighted by molar-refractivity contribution is -0.120. The Balaban J connectivity index is 1.30. The second kappa shape index (κ2) is 8.37. The van der Waals surface area contributed by atoms with Crippen LogP contribution in [0.1, 0.15) is 29.6 Å². The van der Waals surface area contributed by atoms with Crippen LogP contribution >= 0.6 is 0 Å². The zero-order valence-electron chi connectivity index (χ0n) is 18.8. The highest BCUT2D eigenvalue weighted by Gasteiger charge is 2.38. The Morgan fingerprint density at radius 1 is 0.938 bits per heavy atom. The average molecular weight is 435 g/mol. The van der Waals surface area contributed by atoms with E-state index in [9.17, 15) is 9.59 Å². The van der Waals surface area contributed by atoms with E-state index in [1.807, 2.05) is 42.3 Å². The van der Waals surface area contributed by atoms with E-state index in [2.05, 4.69) is 21.9 Å². The van der Waals surface area contributed by atoms with Crippen molar-refractivity contribution in [3.63, 3.8) is 0 Å². The third-order valence-corrected chi connectivity index (χ3v) is 7.02. The van der Waals surface area contributed by atoms with Gasteiger partial charge >= 0.3 is 0 Å². The van der Waals surface area contributed by atoms with Gasteiger partial charge in [0.05, 0.1) is 18.5 Å². The van der Waals surface area contributed by atoms with Gasteiger partial charge in [-0.1, -0.05) is 0 Å². The first-order valence-electron chi connectivity index (χ1n) is 11.4. The lowest BCUT2D eigenvalue weighted by atomic mass is 9.95. The number of piperidine rings is 1. The molecular weight excluding hydrogens is 404 g/mol. The maximum atomic E-state index is 13.3. The molecule has 2 fully saturated rings. The monoisotopic (exact) mass is 434 g/mol. The minimum atomic E-state index is -0.0613. The van der Waals surface area contributed by atoms with Crippen molar-refractivity contribution in [2.24, 2.45) is 0 Å². The molecule has 0 unspecified atom stereocenters. The summed E-state index contributed by atoms with van der Waals surface area (Å²) in [4.78, 5) is 34.3. The SMILES string of the molecule is COc1ccc(N2CCN(C(=O)c3ccc4c(c3)N(C)C(=O)[C@@H]3CCCCN43)CC2)cc1. The summed E-state index contributed by atoms with van der Waals surface area (Å²) in [5.41, 5.74) is 3.70. The number of carbonyl (C=O) groups is 2. The van der Waals surface area contributed by atoms with Crippen molar-refractivity contribution in [2.45, 2.75) is 25.3 Å². The molecule has 3 aliphatic rings. The number of likely N-dealkylation sites (N-methyl/N-ethyl adjacent to an activating group) is 1. The predicted molar refractivity (Wildman–Crippen MR) is 126 cm³/mol. The van der Waals surface area contributed by atoms with Gasteiger partial charge in [-0.3, -0.25) is 9.59 Å². The Kier molecular flexibility index (Phi) is 5.41. The van der Waals surface area contributed by atoms with E-state index in [0.29, 0.717) is 18.7 Å². The van der Waals surface area contributed by atoms with Gasteiger partial charge in [-0.25, -0.2) is 0 Å².